The quantitative estimate of drug-likeness (QED) is 0.0261. The number of hydrogen-bond donors (Lipinski definition) is 0. The minimum atomic E-state index is -0.788. The van der Waals surface area contributed by atoms with Gasteiger partial charge in [0.1, 0.15) is 13.2 Å². The van der Waals surface area contributed by atoms with Crippen LogP contribution < -0.4 is 0 Å². The van der Waals surface area contributed by atoms with Crippen molar-refractivity contribution in [1.29, 1.82) is 0 Å². The number of carbonyl (C=O) groups excluding carboxylic acids is 3. The lowest BCUT2D eigenvalue weighted by molar-refractivity contribution is -0.167. The number of ether oxygens (including phenoxy) is 3. The Bertz CT molecular complexity index is 1330. The van der Waals surface area contributed by atoms with Gasteiger partial charge in [-0.05, 0) is 64.2 Å². The summed E-state index contributed by atoms with van der Waals surface area (Å²) in [7, 11) is 0. The van der Waals surface area contributed by atoms with E-state index in [0.717, 1.165) is 96.3 Å². The smallest absolute Gasteiger partial charge is 0.306 e. The second-order valence-electron chi connectivity index (χ2n) is 21.7. The molecule has 1 atom stereocenters. The van der Waals surface area contributed by atoms with Crippen molar-refractivity contribution < 1.29 is 28.6 Å². The summed E-state index contributed by atoms with van der Waals surface area (Å²) >= 11 is 0. The molecule has 0 aromatic rings. The Morgan fingerprint density at radius 3 is 0.824 bits per heavy atom. The minimum Gasteiger partial charge on any atom is -0.462 e. The highest BCUT2D eigenvalue weighted by Gasteiger charge is 2.19. The van der Waals surface area contributed by atoms with Gasteiger partial charge in [0, 0.05) is 19.3 Å². The van der Waals surface area contributed by atoms with Gasteiger partial charge in [0.2, 0.25) is 0 Å². The van der Waals surface area contributed by atoms with Crippen LogP contribution in [0.3, 0.4) is 0 Å². The van der Waals surface area contributed by atoms with Gasteiger partial charge in [0.25, 0.3) is 0 Å². The standard InChI is InChI=1S/C68H122O6/c1-4-7-10-13-16-18-20-22-24-26-28-29-30-31-32-33-34-35-36-37-38-40-41-43-45-47-49-52-55-58-61-67(70)73-64-65(63-72-66(69)60-57-54-51-15-12-9-6-3)74-68(71)62-59-56-53-50-48-46-44-42-39-27-25-23-21-19-17-14-11-8-5-2/h8,11,17,19,23,25,39,42,46,48,65H,4-7,9-10,12-16,18,20-22,24,26-38,40-41,43-45,47,49-64H2,1-3H3/b11-8-,19-17-,25-23-,42-39-,48-46-. The molecule has 1 unspecified atom stereocenters. The predicted molar refractivity (Wildman–Crippen MR) is 321 cm³/mol. The number of carbonyl (C=O) groups is 3. The highest BCUT2D eigenvalue weighted by Crippen LogP contribution is 2.18. The molecule has 0 radical (unpaired) electrons. The minimum absolute atomic E-state index is 0.0844. The van der Waals surface area contributed by atoms with E-state index in [2.05, 4.69) is 81.5 Å². The molecule has 0 rings (SSSR count). The van der Waals surface area contributed by atoms with Crippen molar-refractivity contribution in [2.24, 2.45) is 0 Å². The molecular formula is C68H122O6. The molecule has 0 aliphatic carbocycles. The van der Waals surface area contributed by atoms with Gasteiger partial charge in [-0.15, -0.1) is 0 Å². The first-order chi connectivity index (χ1) is 36.5. The van der Waals surface area contributed by atoms with E-state index in [9.17, 15) is 14.4 Å². The van der Waals surface area contributed by atoms with Crippen molar-refractivity contribution in [3.05, 3.63) is 60.8 Å². The van der Waals surface area contributed by atoms with Gasteiger partial charge >= 0.3 is 17.9 Å². The molecule has 0 fully saturated rings. The maximum atomic E-state index is 12.8. The fourth-order valence-electron chi connectivity index (χ4n) is 9.47. The van der Waals surface area contributed by atoms with E-state index < -0.39 is 6.10 Å². The molecule has 0 saturated carbocycles. The van der Waals surface area contributed by atoms with E-state index in [1.807, 2.05) is 0 Å². The Morgan fingerprint density at radius 2 is 0.527 bits per heavy atom. The number of hydrogen-bond acceptors (Lipinski definition) is 6. The maximum absolute atomic E-state index is 12.8. The average Bonchev–Trinajstić information content (AvgIpc) is 3.40. The third-order valence-corrected chi connectivity index (χ3v) is 14.3. The number of allylic oxidation sites excluding steroid dienone is 10. The van der Waals surface area contributed by atoms with Crippen LogP contribution >= 0.6 is 0 Å². The van der Waals surface area contributed by atoms with Crippen LogP contribution in [0, 0.1) is 0 Å². The first-order valence-corrected chi connectivity index (χ1v) is 32.3. The second-order valence-corrected chi connectivity index (χ2v) is 21.7. The fraction of sp³-hybridized carbons (Fsp3) is 0.809. The monoisotopic (exact) mass is 1030 g/mol. The van der Waals surface area contributed by atoms with Gasteiger partial charge in [0.05, 0.1) is 0 Å². The van der Waals surface area contributed by atoms with Crippen LogP contribution in [0.2, 0.25) is 0 Å². The molecule has 0 aromatic carbocycles. The molecule has 0 aromatic heterocycles. The number of rotatable bonds is 59. The van der Waals surface area contributed by atoms with Crippen LogP contribution in [0.1, 0.15) is 335 Å². The molecule has 0 bridgehead atoms. The first-order valence-electron chi connectivity index (χ1n) is 32.3. The summed E-state index contributed by atoms with van der Waals surface area (Å²) in [4.78, 5) is 38.0. The lowest BCUT2D eigenvalue weighted by Crippen LogP contribution is -2.30. The van der Waals surface area contributed by atoms with Crippen LogP contribution in [-0.4, -0.2) is 37.2 Å². The molecule has 6 nitrogen and oxygen atoms in total. The lowest BCUT2D eigenvalue weighted by Gasteiger charge is -2.18. The average molecular weight is 1040 g/mol. The third kappa shape index (κ3) is 60.0. The van der Waals surface area contributed by atoms with Crippen molar-refractivity contribution in [2.75, 3.05) is 13.2 Å². The van der Waals surface area contributed by atoms with Gasteiger partial charge in [-0.2, -0.15) is 0 Å². The van der Waals surface area contributed by atoms with E-state index >= 15 is 0 Å². The van der Waals surface area contributed by atoms with E-state index in [1.54, 1.807) is 0 Å². The van der Waals surface area contributed by atoms with Gasteiger partial charge in [0.15, 0.2) is 6.10 Å². The van der Waals surface area contributed by atoms with Crippen molar-refractivity contribution in [3.63, 3.8) is 0 Å². The Labute approximate surface area is 460 Å². The Balaban J connectivity index is 4.06. The van der Waals surface area contributed by atoms with E-state index in [1.165, 1.54) is 199 Å². The highest BCUT2D eigenvalue weighted by molar-refractivity contribution is 5.71. The zero-order chi connectivity index (χ0) is 53.6. The first kappa shape index (κ1) is 71.1. The highest BCUT2D eigenvalue weighted by atomic mass is 16.6. The van der Waals surface area contributed by atoms with Gasteiger partial charge in [-0.1, -0.05) is 313 Å². The molecular weight excluding hydrogens is 913 g/mol. The number of esters is 3. The molecule has 0 spiro atoms. The molecule has 430 valence electrons. The molecule has 6 heteroatoms. The van der Waals surface area contributed by atoms with E-state index in [4.69, 9.17) is 14.2 Å². The molecule has 0 saturated heterocycles. The van der Waals surface area contributed by atoms with Crippen LogP contribution in [0.25, 0.3) is 0 Å². The molecule has 0 N–H and O–H groups in total. The van der Waals surface area contributed by atoms with Crippen LogP contribution in [0.5, 0.6) is 0 Å². The summed E-state index contributed by atoms with van der Waals surface area (Å²) in [5.41, 5.74) is 0. The summed E-state index contributed by atoms with van der Waals surface area (Å²) in [6.45, 7) is 6.50. The van der Waals surface area contributed by atoms with Crippen LogP contribution in [0.15, 0.2) is 60.8 Å². The van der Waals surface area contributed by atoms with Crippen molar-refractivity contribution in [3.8, 4) is 0 Å². The second kappa shape index (κ2) is 62.6. The molecule has 0 aliphatic heterocycles. The van der Waals surface area contributed by atoms with Gasteiger partial charge in [-0.25, -0.2) is 0 Å². The summed E-state index contributed by atoms with van der Waals surface area (Å²) < 4.78 is 16.8. The summed E-state index contributed by atoms with van der Waals surface area (Å²) in [6.07, 6.45) is 79.9. The van der Waals surface area contributed by atoms with Crippen molar-refractivity contribution >= 4 is 17.9 Å². The molecule has 0 amide bonds. The van der Waals surface area contributed by atoms with E-state index in [0.29, 0.717) is 19.3 Å². The largest absolute Gasteiger partial charge is 0.462 e. The zero-order valence-electron chi connectivity index (χ0n) is 49.4. The molecule has 0 aliphatic rings. The van der Waals surface area contributed by atoms with Crippen LogP contribution in [-0.2, 0) is 28.6 Å². The SMILES string of the molecule is CC/C=C\C/C=C\C/C=C\C/C=C\C/C=C\CCCCCC(=O)OC(COC(=O)CCCCCCCCC)COC(=O)CCCCCCCCCCCCCCCCCCCCCCCCCCCCCCCC. The van der Waals surface area contributed by atoms with E-state index in [-0.39, 0.29) is 31.1 Å². The predicted octanol–water partition coefficient (Wildman–Crippen LogP) is 21.9. The molecule has 0 heterocycles. The Morgan fingerprint density at radius 1 is 0.284 bits per heavy atom. The molecule has 74 heavy (non-hydrogen) atoms. The topological polar surface area (TPSA) is 78.9 Å². The summed E-state index contributed by atoms with van der Waals surface area (Å²) in [5, 5.41) is 0. The van der Waals surface area contributed by atoms with Crippen LogP contribution in [0.4, 0.5) is 0 Å². The normalized spacial score (nSPS) is 12.4. The summed E-state index contributed by atoms with van der Waals surface area (Å²) in [5.74, 6) is -0.909. The Kier molecular flexibility index (Phi) is 60.2. The van der Waals surface area contributed by atoms with Crippen molar-refractivity contribution in [2.45, 2.75) is 341 Å². The zero-order valence-corrected chi connectivity index (χ0v) is 49.4. The Hall–Kier alpha value is -2.89. The fourth-order valence-corrected chi connectivity index (χ4v) is 9.47. The van der Waals surface area contributed by atoms with Gasteiger partial charge < -0.3 is 14.2 Å². The lowest BCUT2D eigenvalue weighted by atomic mass is 10.0. The number of unbranched alkanes of at least 4 members (excludes halogenated alkanes) is 38. The third-order valence-electron chi connectivity index (χ3n) is 14.3. The van der Waals surface area contributed by atoms with Crippen molar-refractivity contribution in [1.82, 2.24) is 0 Å². The van der Waals surface area contributed by atoms with Gasteiger partial charge in [-0.3, -0.25) is 14.4 Å². The maximum Gasteiger partial charge on any atom is 0.306 e. The summed E-state index contributed by atoms with van der Waals surface area (Å²) in [6, 6.07) is 0.